The summed E-state index contributed by atoms with van der Waals surface area (Å²) in [4.78, 5) is 25.0. The molecule has 0 aromatic carbocycles. The number of hydrogen-bond acceptors (Lipinski definition) is 4. The van der Waals surface area contributed by atoms with Crippen LogP contribution in [0.2, 0.25) is 0 Å². The number of carbonyl (C=O) groups excluding carboxylic acids is 2. The Morgan fingerprint density at radius 1 is 1.04 bits per heavy atom. The third kappa shape index (κ3) is 6.08. The van der Waals surface area contributed by atoms with E-state index in [0.717, 1.165) is 25.7 Å². The van der Waals surface area contributed by atoms with E-state index in [0.29, 0.717) is 0 Å². The average molecular weight is 341 g/mol. The van der Waals surface area contributed by atoms with Crippen LogP contribution in [0.4, 0.5) is 0 Å². The zero-order chi connectivity index (χ0) is 18.1. The van der Waals surface area contributed by atoms with Crippen molar-refractivity contribution in [1.82, 2.24) is 10.6 Å². The highest BCUT2D eigenvalue weighted by atomic mass is 16.5. The predicted octanol–water partition coefficient (Wildman–Crippen LogP) is 3.03. The fourth-order valence-corrected chi connectivity index (χ4v) is 3.58. The SMILES string of the molecule is CCC(CC)[C@@H](N[C@H](C(=O)OC)C(C)C)C(=O)NC1CCCCC1. The molecular formula is C19H36N2O3. The molecule has 5 nitrogen and oxygen atoms in total. The number of nitrogens with one attached hydrogen (secondary N) is 2. The van der Waals surface area contributed by atoms with Gasteiger partial charge in [-0.2, -0.15) is 0 Å². The van der Waals surface area contributed by atoms with Gasteiger partial charge in [0.1, 0.15) is 6.04 Å². The Morgan fingerprint density at radius 3 is 2.08 bits per heavy atom. The monoisotopic (exact) mass is 340 g/mol. The van der Waals surface area contributed by atoms with E-state index in [4.69, 9.17) is 4.74 Å². The largest absolute Gasteiger partial charge is 0.468 e. The van der Waals surface area contributed by atoms with E-state index in [1.807, 2.05) is 13.8 Å². The van der Waals surface area contributed by atoms with E-state index < -0.39 is 6.04 Å². The lowest BCUT2D eigenvalue weighted by Gasteiger charge is -2.32. The van der Waals surface area contributed by atoms with E-state index in [9.17, 15) is 9.59 Å². The number of ether oxygens (including phenoxy) is 1. The van der Waals surface area contributed by atoms with Gasteiger partial charge in [-0.3, -0.25) is 14.9 Å². The zero-order valence-electron chi connectivity index (χ0n) is 16.1. The van der Waals surface area contributed by atoms with Crippen LogP contribution in [0.3, 0.4) is 0 Å². The van der Waals surface area contributed by atoms with Crippen LogP contribution in [-0.2, 0) is 14.3 Å². The normalized spacial score (nSPS) is 18.5. The van der Waals surface area contributed by atoms with E-state index in [-0.39, 0.29) is 35.8 Å². The summed E-state index contributed by atoms with van der Waals surface area (Å²) in [5.41, 5.74) is 0. The average Bonchev–Trinajstić information content (AvgIpc) is 2.58. The summed E-state index contributed by atoms with van der Waals surface area (Å²) in [5.74, 6) is 0.00728. The van der Waals surface area contributed by atoms with Crippen LogP contribution in [0.5, 0.6) is 0 Å². The third-order valence-corrected chi connectivity index (χ3v) is 5.24. The highest BCUT2D eigenvalue weighted by Gasteiger charge is 2.33. The molecule has 0 aromatic rings. The lowest BCUT2D eigenvalue weighted by molar-refractivity contribution is -0.145. The maximum absolute atomic E-state index is 12.9. The standard InChI is InChI=1S/C19H36N2O3/c1-6-14(7-2)17(21-16(13(3)4)19(23)24-5)18(22)20-15-11-9-8-10-12-15/h13-17,21H,6-12H2,1-5H3,(H,20,22)/t16-,17+/m0/s1. The number of rotatable bonds is 9. The van der Waals surface area contributed by atoms with Crippen molar-refractivity contribution in [1.29, 1.82) is 0 Å². The van der Waals surface area contributed by atoms with Crippen molar-refractivity contribution in [3.8, 4) is 0 Å². The molecule has 1 amide bonds. The van der Waals surface area contributed by atoms with Gasteiger partial charge in [0.15, 0.2) is 0 Å². The second-order valence-corrected chi connectivity index (χ2v) is 7.31. The van der Waals surface area contributed by atoms with Gasteiger partial charge in [0.05, 0.1) is 13.2 Å². The molecule has 0 aromatic heterocycles. The molecule has 140 valence electrons. The highest BCUT2D eigenvalue weighted by molar-refractivity contribution is 5.84. The number of carbonyl (C=O) groups is 2. The first kappa shape index (κ1) is 20.9. The molecular weight excluding hydrogens is 304 g/mol. The van der Waals surface area contributed by atoms with Crippen LogP contribution in [0.15, 0.2) is 0 Å². The van der Waals surface area contributed by atoms with Crippen LogP contribution in [-0.4, -0.2) is 37.1 Å². The summed E-state index contributed by atoms with van der Waals surface area (Å²) in [7, 11) is 1.40. The van der Waals surface area contributed by atoms with Crippen molar-refractivity contribution in [3.63, 3.8) is 0 Å². The molecule has 2 atom stereocenters. The first-order valence-electron chi connectivity index (χ1n) is 9.58. The number of hydrogen-bond donors (Lipinski definition) is 2. The maximum atomic E-state index is 12.9. The molecule has 1 aliphatic carbocycles. The van der Waals surface area contributed by atoms with Crippen LogP contribution < -0.4 is 10.6 Å². The molecule has 0 aliphatic heterocycles. The Hall–Kier alpha value is -1.10. The number of amides is 1. The van der Waals surface area contributed by atoms with Crippen molar-refractivity contribution in [2.45, 2.75) is 90.8 Å². The van der Waals surface area contributed by atoms with E-state index in [1.54, 1.807) is 0 Å². The molecule has 1 aliphatic rings. The van der Waals surface area contributed by atoms with Gasteiger partial charge in [0, 0.05) is 6.04 Å². The van der Waals surface area contributed by atoms with E-state index in [2.05, 4.69) is 24.5 Å². The van der Waals surface area contributed by atoms with E-state index >= 15 is 0 Å². The van der Waals surface area contributed by atoms with Gasteiger partial charge in [0.25, 0.3) is 0 Å². The summed E-state index contributed by atoms with van der Waals surface area (Å²) in [6.07, 6.45) is 7.56. The Morgan fingerprint density at radius 2 is 1.62 bits per heavy atom. The van der Waals surface area contributed by atoms with E-state index in [1.165, 1.54) is 26.4 Å². The topological polar surface area (TPSA) is 67.4 Å². The van der Waals surface area contributed by atoms with Crippen LogP contribution in [0, 0.1) is 11.8 Å². The molecule has 0 saturated heterocycles. The first-order valence-corrected chi connectivity index (χ1v) is 9.58. The molecule has 1 fully saturated rings. The quantitative estimate of drug-likeness (QED) is 0.633. The van der Waals surface area contributed by atoms with Gasteiger partial charge < -0.3 is 10.1 Å². The van der Waals surface area contributed by atoms with Gasteiger partial charge in [-0.05, 0) is 24.7 Å². The Labute approximate surface area is 147 Å². The number of methoxy groups -OCH3 is 1. The summed E-state index contributed by atoms with van der Waals surface area (Å²) >= 11 is 0. The second kappa shape index (κ2) is 10.7. The van der Waals surface area contributed by atoms with Gasteiger partial charge in [0.2, 0.25) is 5.91 Å². The lowest BCUT2D eigenvalue weighted by atomic mass is 9.90. The minimum Gasteiger partial charge on any atom is -0.468 e. The summed E-state index contributed by atoms with van der Waals surface area (Å²) < 4.78 is 4.92. The molecule has 5 heteroatoms. The highest BCUT2D eigenvalue weighted by Crippen LogP contribution is 2.20. The Balaban J connectivity index is 2.84. The number of esters is 1. The zero-order valence-corrected chi connectivity index (χ0v) is 16.1. The van der Waals surface area contributed by atoms with Gasteiger partial charge in [-0.25, -0.2) is 0 Å². The molecule has 0 radical (unpaired) electrons. The smallest absolute Gasteiger partial charge is 0.323 e. The minimum absolute atomic E-state index is 0.0325. The van der Waals surface area contributed by atoms with Crippen molar-refractivity contribution in [2.75, 3.05) is 7.11 Å². The van der Waals surface area contributed by atoms with Crippen molar-refractivity contribution >= 4 is 11.9 Å². The van der Waals surface area contributed by atoms with Crippen molar-refractivity contribution in [3.05, 3.63) is 0 Å². The Kier molecular flexibility index (Phi) is 9.34. The van der Waals surface area contributed by atoms with Crippen LogP contribution in [0.1, 0.15) is 72.6 Å². The summed E-state index contributed by atoms with van der Waals surface area (Å²) in [6, 6.07) is -0.535. The van der Waals surface area contributed by atoms with Crippen molar-refractivity contribution < 1.29 is 14.3 Å². The Bertz CT molecular complexity index is 388. The predicted molar refractivity (Wildman–Crippen MR) is 96.7 cm³/mol. The molecule has 0 bridgehead atoms. The maximum Gasteiger partial charge on any atom is 0.323 e. The molecule has 0 unspecified atom stereocenters. The van der Waals surface area contributed by atoms with Crippen LogP contribution >= 0.6 is 0 Å². The molecule has 1 saturated carbocycles. The molecule has 24 heavy (non-hydrogen) atoms. The summed E-state index contributed by atoms with van der Waals surface area (Å²) in [5, 5.41) is 6.52. The second-order valence-electron chi connectivity index (χ2n) is 7.31. The molecule has 0 spiro atoms. The third-order valence-electron chi connectivity index (χ3n) is 5.24. The fraction of sp³-hybridized carbons (Fsp3) is 0.895. The molecule has 0 heterocycles. The van der Waals surface area contributed by atoms with Gasteiger partial charge >= 0.3 is 5.97 Å². The van der Waals surface area contributed by atoms with Gasteiger partial charge in [-0.15, -0.1) is 0 Å². The molecule has 2 N–H and O–H groups in total. The minimum atomic E-state index is -0.460. The van der Waals surface area contributed by atoms with Crippen molar-refractivity contribution in [2.24, 2.45) is 11.8 Å². The molecule has 1 rings (SSSR count). The van der Waals surface area contributed by atoms with Crippen LogP contribution in [0.25, 0.3) is 0 Å². The summed E-state index contributed by atoms with van der Waals surface area (Å²) in [6.45, 7) is 8.13. The van der Waals surface area contributed by atoms with Gasteiger partial charge in [-0.1, -0.05) is 59.8 Å². The fourth-order valence-electron chi connectivity index (χ4n) is 3.58. The lowest BCUT2D eigenvalue weighted by Crippen LogP contribution is -2.57. The first-order chi connectivity index (χ1) is 11.4.